The van der Waals surface area contributed by atoms with E-state index in [1.54, 1.807) is 0 Å². The number of benzene rings is 2. The van der Waals surface area contributed by atoms with Gasteiger partial charge in [-0.15, -0.1) is 0 Å². The molecule has 0 fully saturated rings. The van der Waals surface area contributed by atoms with Gasteiger partial charge >= 0.3 is 5.51 Å². The van der Waals surface area contributed by atoms with E-state index in [0.717, 1.165) is 0 Å². The van der Waals surface area contributed by atoms with Gasteiger partial charge in [0.2, 0.25) is 0 Å². The molecule has 0 N–H and O–H groups in total. The fourth-order valence-corrected chi connectivity index (χ4v) is 2.73. The Labute approximate surface area is 116 Å². The molecular weight excluding hydrogens is 315 g/mol. The van der Waals surface area contributed by atoms with E-state index in [1.165, 1.54) is 30.3 Å². The maximum absolute atomic E-state index is 13.9. The van der Waals surface area contributed by atoms with E-state index in [4.69, 9.17) is 0 Å². The van der Waals surface area contributed by atoms with Crippen LogP contribution in [0.4, 0.5) is 22.0 Å². The van der Waals surface area contributed by atoms with Crippen molar-refractivity contribution < 1.29 is 30.4 Å². The average molecular weight is 322 g/mol. The Hall–Kier alpha value is -1.96. The minimum Gasteiger partial charge on any atom is -0.214 e. The molecule has 0 heterocycles. The molecule has 0 radical (unpaired) electrons. The molecule has 0 saturated heterocycles. The van der Waals surface area contributed by atoms with E-state index in [2.05, 4.69) is 0 Å². The first kappa shape index (κ1) is 15.4. The van der Waals surface area contributed by atoms with Gasteiger partial charge in [-0.25, -0.2) is 17.2 Å². The first-order valence-electron chi connectivity index (χ1n) is 5.51. The summed E-state index contributed by atoms with van der Waals surface area (Å²) >= 11 is 0. The third kappa shape index (κ3) is 2.63. The summed E-state index contributed by atoms with van der Waals surface area (Å²) in [5, 5.41) is 0. The molecule has 0 aliphatic heterocycles. The van der Waals surface area contributed by atoms with Gasteiger partial charge in [-0.3, -0.25) is 0 Å². The lowest BCUT2D eigenvalue weighted by atomic mass is 10.1. The Kier molecular flexibility index (Phi) is 3.75. The molecule has 2 rings (SSSR count). The minimum absolute atomic E-state index is 0.169. The second-order valence-corrected chi connectivity index (χ2v) is 5.96. The largest absolute Gasteiger partial charge is 0.501 e. The summed E-state index contributed by atoms with van der Waals surface area (Å²) in [6, 6.07) is 7.36. The van der Waals surface area contributed by atoms with Crippen LogP contribution >= 0.6 is 0 Å². The van der Waals surface area contributed by atoms with E-state index < -0.39 is 37.4 Å². The van der Waals surface area contributed by atoms with Crippen LogP contribution in [-0.2, 0) is 9.84 Å². The zero-order valence-corrected chi connectivity index (χ0v) is 11.0. The van der Waals surface area contributed by atoms with Crippen molar-refractivity contribution in [2.24, 2.45) is 0 Å². The summed E-state index contributed by atoms with van der Waals surface area (Å²) in [7, 11) is -5.80. The van der Waals surface area contributed by atoms with Gasteiger partial charge < -0.3 is 0 Å². The van der Waals surface area contributed by atoms with Crippen molar-refractivity contribution in [1.29, 1.82) is 0 Å². The van der Waals surface area contributed by atoms with Crippen molar-refractivity contribution in [3.8, 4) is 11.1 Å². The van der Waals surface area contributed by atoms with Gasteiger partial charge in [0.25, 0.3) is 9.84 Å². The van der Waals surface area contributed by atoms with Crippen molar-refractivity contribution in [2.75, 3.05) is 0 Å². The lowest BCUT2D eigenvalue weighted by molar-refractivity contribution is -0.0435. The van der Waals surface area contributed by atoms with E-state index in [0.29, 0.717) is 12.1 Å². The van der Waals surface area contributed by atoms with Crippen LogP contribution in [0, 0.1) is 11.6 Å². The highest BCUT2D eigenvalue weighted by molar-refractivity contribution is 7.92. The highest BCUT2D eigenvalue weighted by Gasteiger charge is 2.48. The molecule has 0 aliphatic carbocycles. The topological polar surface area (TPSA) is 34.1 Å². The van der Waals surface area contributed by atoms with Crippen LogP contribution in [0.3, 0.4) is 0 Å². The molecule has 8 heteroatoms. The molecule has 2 nitrogen and oxygen atoms in total. The second kappa shape index (κ2) is 5.10. The molecular formula is C13H7F5O2S. The zero-order valence-electron chi connectivity index (χ0n) is 10.2. The maximum Gasteiger partial charge on any atom is 0.501 e. The van der Waals surface area contributed by atoms with Crippen molar-refractivity contribution in [3.05, 3.63) is 54.1 Å². The van der Waals surface area contributed by atoms with E-state index in [9.17, 15) is 30.4 Å². The Morgan fingerprint density at radius 3 is 1.95 bits per heavy atom. The SMILES string of the molecule is O=S(=O)(c1ccc(F)c(F)c1-c1ccccc1)C(F)(F)F. The predicted molar refractivity (Wildman–Crippen MR) is 65.0 cm³/mol. The van der Waals surface area contributed by atoms with Crippen LogP contribution < -0.4 is 0 Å². The van der Waals surface area contributed by atoms with Gasteiger partial charge in [-0.2, -0.15) is 13.2 Å². The molecule has 0 unspecified atom stereocenters. The summed E-state index contributed by atoms with van der Waals surface area (Å²) in [5.74, 6) is -3.08. The standard InChI is InChI=1S/C13H7F5O2S/c14-9-6-7-10(21(19,20)13(16,17)18)11(12(9)15)8-4-2-1-3-5-8/h1-7H. The average Bonchev–Trinajstić information content (AvgIpc) is 2.41. The molecule has 0 aliphatic rings. The third-order valence-corrected chi connectivity index (χ3v) is 4.24. The predicted octanol–water partition coefficient (Wildman–Crippen LogP) is 3.93. The van der Waals surface area contributed by atoms with Crippen LogP contribution in [0.5, 0.6) is 0 Å². The number of sulfone groups is 1. The number of halogens is 5. The van der Waals surface area contributed by atoms with E-state index >= 15 is 0 Å². The Morgan fingerprint density at radius 2 is 1.43 bits per heavy atom. The van der Waals surface area contributed by atoms with Gasteiger partial charge in [0, 0.05) is 5.56 Å². The first-order chi connectivity index (χ1) is 9.66. The number of alkyl halides is 3. The van der Waals surface area contributed by atoms with Crippen molar-refractivity contribution in [1.82, 2.24) is 0 Å². The summed E-state index contributed by atoms with van der Waals surface area (Å²) in [4.78, 5) is -1.32. The fourth-order valence-electron chi connectivity index (χ4n) is 1.76. The highest BCUT2D eigenvalue weighted by Crippen LogP contribution is 2.38. The Morgan fingerprint density at radius 1 is 0.857 bits per heavy atom. The van der Waals surface area contributed by atoms with Crippen LogP contribution in [0.1, 0.15) is 0 Å². The Bertz CT molecular complexity index is 767. The highest BCUT2D eigenvalue weighted by atomic mass is 32.2. The van der Waals surface area contributed by atoms with Crippen molar-refractivity contribution in [3.63, 3.8) is 0 Å². The van der Waals surface area contributed by atoms with Gasteiger partial charge in [0.15, 0.2) is 11.6 Å². The van der Waals surface area contributed by atoms with Crippen LogP contribution in [-0.4, -0.2) is 13.9 Å². The smallest absolute Gasteiger partial charge is 0.214 e. The second-order valence-electron chi connectivity index (χ2n) is 4.05. The quantitative estimate of drug-likeness (QED) is 0.620. The maximum atomic E-state index is 13.9. The van der Waals surface area contributed by atoms with Gasteiger partial charge in [0.05, 0.1) is 4.90 Å². The van der Waals surface area contributed by atoms with E-state index in [-0.39, 0.29) is 5.56 Å². The molecule has 0 atom stereocenters. The van der Waals surface area contributed by atoms with Crippen LogP contribution in [0.15, 0.2) is 47.4 Å². The Balaban J connectivity index is 2.85. The lowest BCUT2D eigenvalue weighted by Gasteiger charge is -2.14. The monoisotopic (exact) mass is 322 g/mol. The summed E-state index contributed by atoms with van der Waals surface area (Å²) in [5.41, 5.74) is -6.72. The molecule has 0 saturated carbocycles. The molecule has 0 spiro atoms. The van der Waals surface area contributed by atoms with Crippen molar-refractivity contribution in [2.45, 2.75) is 10.4 Å². The molecule has 0 amide bonds. The molecule has 2 aromatic carbocycles. The van der Waals surface area contributed by atoms with Crippen molar-refractivity contribution >= 4 is 9.84 Å². The molecule has 2 aromatic rings. The molecule has 0 bridgehead atoms. The van der Waals surface area contributed by atoms with Gasteiger partial charge in [-0.05, 0) is 17.7 Å². The number of hydrogen-bond acceptors (Lipinski definition) is 2. The normalized spacial score (nSPS) is 12.4. The van der Waals surface area contributed by atoms with Crippen LogP contribution in [0.2, 0.25) is 0 Å². The van der Waals surface area contributed by atoms with Crippen LogP contribution in [0.25, 0.3) is 11.1 Å². The molecule has 21 heavy (non-hydrogen) atoms. The minimum atomic E-state index is -5.80. The fraction of sp³-hybridized carbons (Fsp3) is 0.0769. The van der Waals surface area contributed by atoms with Gasteiger partial charge in [-0.1, -0.05) is 30.3 Å². The number of hydrogen-bond donors (Lipinski definition) is 0. The lowest BCUT2D eigenvalue weighted by Crippen LogP contribution is -2.24. The number of rotatable bonds is 2. The van der Waals surface area contributed by atoms with Gasteiger partial charge in [0.1, 0.15) is 0 Å². The summed E-state index contributed by atoms with van der Waals surface area (Å²) in [6.07, 6.45) is 0. The zero-order chi connectivity index (χ0) is 15.8. The third-order valence-electron chi connectivity index (χ3n) is 2.71. The molecule has 112 valence electrons. The summed E-state index contributed by atoms with van der Waals surface area (Å²) in [6.45, 7) is 0. The van der Waals surface area contributed by atoms with E-state index in [1.807, 2.05) is 0 Å². The first-order valence-corrected chi connectivity index (χ1v) is 6.99. The molecule has 0 aromatic heterocycles. The summed E-state index contributed by atoms with van der Waals surface area (Å²) < 4.78 is 88.1.